The molecule has 3 rings (SSSR count). The first-order valence-corrected chi connectivity index (χ1v) is 7.08. The second kappa shape index (κ2) is 5.56. The summed E-state index contributed by atoms with van der Waals surface area (Å²) >= 11 is 6.12. The molecule has 0 spiro atoms. The van der Waals surface area contributed by atoms with Gasteiger partial charge in [-0.25, -0.2) is 0 Å². The summed E-state index contributed by atoms with van der Waals surface area (Å²) in [6, 6.07) is 16.8. The lowest BCUT2D eigenvalue weighted by Gasteiger charge is -2.12. The highest BCUT2D eigenvalue weighted by molar-refractivity contribution is 6.30. The van der Waals surface area contributed by atoms with Gasteiger partial charge >= 0.3 is 0 Å². The van der Waals surface area contributed by atoms with E-state index in [2.05, 4.69) is 42.4 Å². The van der Waals surface area contributed by atoms with Gasteiger partial charge in [-0.15, -0.1) is 0 Å². The fraction of sp³-hybridized carbons (Fsp3) is 0.111. The molecule has 0 saturated carbocycles. The minimum atomic E-state index is 0.336. The minimum absolute atomic E-state index is 0.336. The largest absolute Gasteiger partial charge is 0.384 e. The van der Waals surface area contributed by atoms with Gasteiger partial charge in [0, 0.05) is 11.2 Å². The Labute approximate surface area is 124 Å². The van der Waals surface area contributed by atoms with Gasteiger partial charge in [-0.05, 0) is 40.8 Å². The van der Waals surface area contributed by atoms with Crippen LogP contribution in [-0.2, 0) is 0 Å². The number of hydrogen-bond acceptors (Lipinski definition) is 1. The predicted octanol–water partition coefficient (Wildman–Crippen LogP) is 5.06. The fourth-order valence-electron chi connectivity index (χ4n) is 2.61. The molecule has 1 nitrogen and oxygen atoms in total. The van der Waals surface area contributed by atoms with Gasteiger partial charge in [0.15, 0.2) is 0 Å². The molecule has 1 aliphatic heterocycles. The summed E-state index contributed by atoms with van der Waals surface area (Å²) in [5.74, 6) is 0. The molecule has 2 aromatic rings. The maximum atomic E-state index is 6.12. The van der Waals surface area contributed by atoms with E-state index in [-0.39, 0.29) is 0 Å². The van der Waals surface area contributed by atoms with E-state index in [1.807, 2.05) is 30.3 Å². The fourth-order valence-corrected chi connectivity index (χ4v) is 2.78. The Kier molecular flexibility index (Phi) is 3.62. The van der Waals surface area contributed by atoms with Gasteiger partial charge < -0.3 is 5.32 Å². The highest BCUT2D eigenvalue weighted by Crippen LogP contribution is 2.35. The molecule has 0 aliphatic carbocycles. The molecule has 0 bridgehead atoms. The molecule has 2 heteroatoms. The van der Waals surface area contributed by atoms with Crippen LogP contribution in [0.5, 0.6) is 0 Å². The van der Waals surface area contributed by atoms with Crippen molar-refractivity contribution in [3.05, 3.63) is 83.0 Å². The molecule has 1 heterocycles. The zero-order chi connectivity index (χ0) is 13.9. The lowest BCUT2D eigenvalue weighted by Crippen LogP contribution is -2.09. The molecule has 0 aromatic heterocycles. The van der Waals surface area contributed by atoms with E-state index in [4.69, 9.17) is 11.6 Å². The lowest BCUT2D eigenvalue weighted by atomic mass is 9.95. The first kappa shape index (κ1) is 13.0. The Bertz CT molecular complexity index is 658. The normalized spacial score (nSPS) is 17.4. The third-order valence-electron chi connectivity index (χ3n) is 3.67. The summed E-state index contributed by atoms with van der Waals surface area (Å²) in [6.07, 6.45) is 4.93. The molecule has 0 radical (unpaired) electrons. The molecular formula is C18H16ClN. The van der Waals surface area contributed by atoms with Crippen LogP contribution in [0.1, 0.15) is 29.2 Å². The van der Waals surface area contributed by atoms with E-state index in [9.17, 15) is 0 Å². The van der Waals surface area contributed by atoms with Crippen molar-refractivity contribution in [3.8, 4) is 0 Å². The highest BCUT2D eigenvalue weighted by atomic mass is 35.5. The van der Waals surface area contributed by atoms with Crippen LogP contribution in [0.4, 0.5) is 0 Å². The van der Waals surface area contributed by atoms with E-state index in [0.29, 0.717) is 6.04 Å². The highest BCUT2D eigenvalue weighted by Gasteiger charge is 2.20. The zero-order valence-electron chi connectivity index (χ0n) is 11.1. The summed E-state index contributed by atoms with van der Waals surface area (Å²) in [7, 11) is 0. The second-order valence-corrected chi connectivity index (χ2v) is 5.38. The molecule has 1 unspecified atom stereocenters. The van der Waals surface area contributed by atoms with Crippen LogP contribution < -0.4 is 5.32 Å². The standard InChI is InChI=1S/C18H16ClN/c1-2-13-8-9-16(19)11-17(13)15-10-18(20-12-15)14-6-4-3-5-7-14/h2-9,11-12,18,20H,1,10H2. The van der Waals surface area contributed by atoms with E-state index in [1.165, 1.54) is 16.7 Å². The molecular weight excluding hydrogens is 266 g/mol. The van der Waals surface area contributed by atoms with Gasteiger partial charge in [-0.3, -0.25) is 0 Å². The minimum Gasteiger partial charge on any atom is -0.384 e. The number of halogens is 1. The Morgan fingerprint density at radius 3 is 2.70 bits per heavy atom. The first-order chi connectivity index (χ1) is 9.78. The summed E-state index contributed by atoms with van der Waals surface area (Å²) in [5, 5.41) is 4.21. The van der Waals surface area contributed by atoms with Crippen molar-refractivity contribution in [2.75, 3.05) is 0 Å². The van der Waals surface area contributed by atoms with E-state index >= 15 is 0 Å². The van der Waals surface area contributed by atoms with Crippen LogP contribution in [0.3, 0.4) is 0 Å². The van der Waals surface area contributed by atoms with Crippen molar-refractivity contribution >= 4 is 23.3 Å². The molecule has 0 saturated heterocycles. The second-order valence-electron chi connectivity index (χ2n) is 4.94. The van der Waals surface area contributed by atoms with Gasteiger partial charge in [0.05, 0.1) is 6.04 Å². The van der Waals surface area contributed by atoms with Crippen LogP contribution in [0.25, 0.3) is 11.6 Å². The van der Waals surface area contributed by atoms with E-state index in [1.54, 1.807) is 0 Å². The number of benzene rings is 2. The van der Waals surface area contributed by atoms with Gasteiger partial charge in [0.25, 0.3) is 0 Å². The third-order valence-corrected chi connectivity index (χ3v) is 3.90. The van der Waals surface area contributed by atoms with Crippen LogP contribution >= 0.6 is 11.6 Å². The molecule has 1 aliphatic rings. The van der Waals surface area contributed by atoms with Crippen molar-refractivity contribution in [1.29, 1.82) is 0 Å². The Morgan fingerprint density at radius 2 is 1.95 bits per heavy atom. The van der Waals surface area contributed by atoms with Gasteiger partial charge in [-0.1, -0.05) is 60.7 Å². The van der Waals surface area contributed by atoms with Crippen molar-refractivity contribution < 1.29 is 0 Å². The molecule has 100 valence electrons. The smallest absolute Gasteiger partial charge is 0.0549 e. The van der Waals surface area contributed by atoms with Crippen molar-refractivity contribution in [2.24, 2.45) is 0 Å². The monoisotopic (exact) mass is 281 g/mol. The van der Waals surface area contributed by atoms with Gasteiger partial charge in [-0.2, -0.15) is 0 Å². The Morgan fingerprint density at radius 1 is 1.15 bits per heavy atom. The average molecular weight is 282 g/mol. The van der Waals surface area contributed by atoms with Crippen molar-refractivity contribution in [1.82, 2.24) is 5.32 Å². The SMILES string of the molecule is C=Cc1ccc(Cl)cc1C1=CNC(c2ccccc2)C1. The summed E-state index contributed by atoms with van der Waals surface area (Å²) < 4.78 is 0. The molecule has 2 aromatic carbocycles. The number of hydrogen-bond donors (Lipinski definition) is 1. The first-order valence-electron chi connectivity index (χ1n) is 6.70. The molecule has 1 atom stereocenters. The van der Waals surface area contributed by atoms with Crippen molar-refractivity contribution in [3.63, 3.8) is 0 Å². The maximum absolute atomic E-state index is 6.12. The van der Waals surface area contributed by atoms with Gasteiger partial charge in [0.2, 0.25) is 0 Å². The Hall–Kier alpha value is -1.99. The lowest BCUT2D eigenvalue weighted by molar-refractivity contribution is 0.677. The molecule has 0 amide bonds. The maximum Gasteiger partial charge on any atom is 0.0549 e. The summed E-state index contributed by atoms with van der Waals surface area (Å²) in [5.41, 5.74) is 4.87. The van der Waals surface area contributed by atoms with Gasteiger partial charge in [0.1, 0.15) is 0 Å². The van der Waals surface area contributed by atoms with Crippen LogP contribution in [0, 0.1) is 0 Å². The van der Waals surface area contributed by atoms with Crippen LogP contribution in [0.15, 0.2) is 61.3 Å². The third kappa shape index (κ3) is 2.50. The summed E-state index contributed by atoms with van der Waals surface area (Å²) in [6.45, 7) is 3.88. The number of rotatable bonds is 3. The molecule has 1 N–H and O–H groups in total. The summed E-state index contributed by atoms with van der Waals surface area (Å²) in [4.78, 5) is 0. The van der Waals surface area contributed by atoms with Crippen molar-refractivity contribution in [2.45, 2.75) is 12.5 Å². The molecule has 20 heavy (non-hydrogen) atoms. The van der Waals surface area contributed by atoms with Crippen LogP contribution in [0.2, 0.25) is 5.02 Å². The van der Waals surface area contributed by atoms with E-state index in [0.717, 1.165) is 17.0 Å². The average Bonchev–Trinajstić information content (AvgIpc) is 2.98. The zero-order valence-corrected chi connectivity index (χ0v) is 11.9. The number of nitrogens with one attached hydrogen (secondary N) is 1. The van der Waals surface area contributed by atoms with Crippen LogP contribution in [-0.4, -0.2) is 0 Å². The molecule has 0 fully saturated rings. The van der Waals surface area contributed by atoms with E-state index < -0.39 is 0 Å². The Balaban J connectivity index is 1.87. The quantitative estimate of drug-likeness (QED) is 0.829. The topological polar surface area (TPSA) is 12.0 Å². The predicted molar refractivity (Wildman–Crippen MR) is 86.5 cm³/mol.